The summed E-state index contributed by atoms with van der Waals surface area (Å²) in [5, 5.41) is 2.86. The minimum atomic E-state index is -4.08. The number of carbonyl (C=O) groups excluding carboxylic acids is 2. The maximum atomic E-state index is 14.0. The fourth-order valence-corrected chi connectivity index (χ4v) is 5.79. The van der Waals surface area contributed by atoms with Gasteiger partial charge in [-0.05, 0) is 75.4 Å². The third-order valence-electron chi connectivity index (χ3n) is 6.93. The lowest BCUT2D eigenvalue weighted by molar-refractivity contribution is -0.138. The summed E-state index contributed by atoms with van der Waals surface area (Å²) in [6.45, 7) is 9.63. The number of nitrogens with zero attached hydrogens (tertiary/aromatic N) is 2. The summed E-state index contributed by atoms with van der Waals surface area (Å²) in [6.07, 6.45) is 1.30. The molecular weight excluding hydrogens is 510 g/mol. The molecule has 39 heavy (non-hydrogen) atoms. The molecule has 3 rings (SSSR count). The molecule has 3 aromatic carbocycles. The Morgan fingerprint density at radius 3 is 2.21 bits per heavy atom. The summed E-state index contributed by atoms with van der Waals surface area (Å²) in [5.41, 5.74) is 4.08. The van der Waals surface area contributed by atoms with E-state index < -0.39 is 28.5 Å². The molecule has 1 atom stereocenters. The minimum Gasteiger partial charge on any atom is -0.354 e. The van der Waals surface area contributed by atoms with E-state index in [0.717, 1.165) is 28.7 Å². The summed E-state index contributed by atoms with van der Waals surface area (Å²) >= 11 is 0. The van der Waals surface area contributed by atoms with E-state index in [1.54, 1.807) is 43.3 Å². The van der Waals surface area contributed by atoms with Crippen LogP contribution in [0.4, 0.5) is 5.69 Å². The van der Waals surface area contributed by atoms with E-state index in [1.807, 2.05) is 64.1 Å². The Balaban J connectivity index is 2.01. The van der Waals surface area contributed by atoms with Crippen LogP contribution >= 0.6 is 0 Å². The highest BCUT2D eigenvalue weighted by atomic mass is 32.2. The van der Waals surface area contributed by atoms with Crippen LogP contribution in [0.5, 0.6) is 0 Å². The number of nitrogens with one attached hydrogen (secondary N) is 1. The van der Waals surface area contributed by atoms with E-state index in [9.17, 15) is 18.0 Å². The minimum absolute atomic E-state index is 0.103. The fraction of sp³-hybridized carbons (Fsp3) is 0.355. The molecule has 208 valence electrons. The van der Waals surface area contributed by atoms with Gasteiger partial charge in [0.2, 0.25) is 11.8 Å². The van der Waals surface area contributed by atoms with Crippen LogP contribution in [0.1, 0.15) is 42.5 Å². The van der Waals surface area contributed by atoms with Crippen molar-refractivity contribution in [2.45, 2.75) is 58.4 Å². The van der Waals surface area contributed by atoms with Crippen LogP contribution in [0.15, 0.2) is 77.7 Å². The molecule has 0 bridgehead atoms. The maximum absolute atomic E-state index is 14.0. The molecule has 0 aliphatic rings. The van der Waals surface area contributed by atoms with Crippen molar-refractivity contribution in [3.63, 3.8) is 0 Å². The van der Waals surface area contributed by atoms with E-state index in [1.165, 1.54) is 9.21 Å². The Morgan fingerprint density at radius 2 is 1.56 bits per heavy atom. The molecule has 0 spiro atoms. The van der Waals surface area contributed by atoms with E-state index in [4.69, 9.17) is 0 Å². The van der Waals surface area contributed by atoms with Crippen LogP contribution < -0.4 is 9.62 Å². The second kappa shape index (κ2) is 13.4. The van der Waals surface area contributed by atoms with Crippen molar-refractivity contribution in [3.05, 3.63) is 95.1 Å². The van der Waals surface area contributed by atoms with Crippen LogP contribution in [0.2, 0.25) is 0 Å². The molecule has 0 radical (unpaired) electrons. The van der Waals surface area contributed by atoms with Gasteiger partial charge in [0.05, 0.1) is 10.6 Å². The monoisotopic (exact) mass is 549 g/mol. The zero-order valence-corrected chi connectivity index (χ0v) is 24.3. The lowest BCUT2D eigenvalue weighted by Crippen LogP contribution is -2.52. The smallest absolute Gasteiger partial charge is 0.264 e. The summed E-state index contributed by atoms with van der Waals surface area (Å²) in [4.78, 5) is 28.5. The number of carbonyl (C=O) groups is 2. The zero-order chi connectivity index (χ0) is 28.6. The van der Waals surface area contributed by atoms with Gasteiger partial charge < -0.3 is 10.2 Å². The predicted molar refractivity (Wildman–Crippen MR) is 156 cm³/mol. The van der Waals surface area contributed by atoms with Gasteiger partial charge in [-0.1, -0.05) is 67.1 Å². The lowest BCUT2D eigenvalue weighted by atomic mass is 10.1. The van der Waals surface area contributed by atoms with E-state index in [0.29, 0.717) is 18.7 Å². The Hall–Kier alpha value is -3.65. The second-order valence-electron chi connectivity index (χ2n) is 9.83. The highest BCUT2D eigenvalue weighted by molar-refractivity contribution is 7.92. The highest BCUT2D eigenvalue weighted by Gasteiger charge is 2.33. The standard InChI is InChI=1S/C31H39N3O4S/c1-6-20-32-31(36)26(5)33(21-19-27-12-8-7-9-13-27)30(35)22-34(29-14-10-11-24(3)25(29)4)39(37,38)28-17-15-23(2)16-18-28/h7-18,26H,6,19-22H2,1-5H3,(H,32,36)/t26-/m1/s1. The van der Waals surface area contributed by atoms with Crippen molar-refractivity contribution >= 4 is 27.5 Å². The molecule has 0 unspecified atom stereocenters. The van der Waals surface area contributed by atoms with Gasteiger partial charge in [0, 0.05) is 13.1 Å². The Bertz CT molecular complexity index is 1370. The average Bonchev–Trinajstić information content (AvgIpc) is 2.92. The predicted octanol–water partition coefficient (Wildman–Crippen LogP) is 4.79. The van der Waals surface area contributed by atoms with Gasteiger partial charge in [-0.2, -0.15) is 0 Å². The maximum Gasteiger partial charge on any atom is 0.264 e. The highest BCUT2D eigenvalue weighted by Crippen LogP contribution is 2.29. The third kappa shape index (κ3) is 7.47. The summed E-state index contributed by atoms with van der Waals surface area (Å²) in [7, 11) is -4.08. The Morgan fingerprint density at radius 1 is 0.897 bits per heavy atom. The molecule has 0 saturated carbocycles. The van der Waals surface area contributed by atoms with Gasteiger partial charge in [0.15, 0.2) is 0 Å². The number of hydrogen-bond donors (Lipinski definition) is 1. The number of benzene rings is 3. The summed E-state index contributed by atoms with van der Waals surface area (Å²) < 4.78 is 29.1. The quantitative estimate of drug-likeness (QED) is 0.352. The van der Waals surface area contributed by atoms with E-state index in [-0.39, 0.29) is 17.3 Å². The summed E-state index contributed by atoms with van der Waals surface area (Å²) in [5.74, 6) is -0.709. The first-order chi connectivity index (χ1) is 18.6. The number of rotatable bonds is 12. The molecule has 0 aromatic heterocycles. The Labute approximate surface area is 232 Å². The first-order valence-electron chi connectivity index (χ1n) is 13.3. The molecule has 3 aromatic rings. The van der Waals surface area contributed by atoms with Crippen LogP contribution in [0.25, 0.3) is 0 Å². The topological polar surface area (TPSA) is 86.8 Å². The van der Waals surface area contributed by atoms with Crippen LogP contribution in [0, 0.1) is 20.8 Å². The number of aryl methyl sites for hydroxylation is 2. The normalized spacial score (nSPS) is 12.0. The van der Waals surface area contributed by atoms with Crippen molar-refractivity contribution in [2.75, 3.05) is 23.9 Å². The lowest BCUT2D eigenvalue weighted by Gasteiger charge is -2.32. The molecule has 1 N–H and O–H groups in total. The number of anilines is 1. The summed E-state index contributed by atoms with van der Waals surface area (Å²) in [6, 6.07) is 20.9. The SMILES string of the molecule is CCCNC(=O)[C@@H](C)N(CCc1ccccc1)C(=O)CN(c1cccc(C)c1C)S(=O)(=O)c1ccc(C)cc1. The number of sulfonamides is 1. The van der Waals surface area contributed by atoms with Crippen LogP contribution in [0.3, 0.4) is 0 Å². The average molecular weight is 550 g/mol. The molecule has 0 fully saturated rings. The third-order valence-corrected chi connectivity index (χ3v) is 8.71. The van der Waals surface area contributed by atoms with Gasteiger partial charge in [0.25, 0.3) is 10.0 Å². The van der Waals surface area contributed by atoms with Crippen molar-refractivity contribution in [2.24, 2.45) is 0 Å². The van der Waals surface area contributed by atoms with Crippen molar-refractivity contribution in [3.8, 4) is 0 Å². The molecule has 0 saturated heterocycles. The van der Waals surface area contributed by atoms with E-state index in [2.05, 4.69) is 5.32 Å². The van der Waals surface area contributed by atoms with Gasteiger partial charge in [-0.15, -0.1) is 0 Å². The van der Waals surface area contributed by atoms with Crippen LogP contribution in [-0.2, 0) is 26.0 Å². The Kier molecular flexibility index (Phi) is 10.3. The zero-order valence-electron chi connectivity index (χ0n) is 23.5. The largest absolute Gasteiger partial charge is 0.354 e. The molecule has 0 heterocycles. The van der Waals surface area contributed by atoms with Gasteiger partial charge in [-0.25, -0.2) is 8.42 Å². The van der Waals surface area contributed by atoms with Crippen molar-refractivity contribution < 1.29 is 18.0 Å². The molecule has 7 nitrogen and oxygen atoms in total. The molecule has 0 aliphatic carbocycles. The van der Waals surface area contributed by atoms with Crippen LogP contribution in [-0.4, -0.2) is 50.8 Å². The van der Waals surface area contributed by atoms with Gasteiger partial charge >= 0.3 is 0 Å². The van der Waals surface area contributed by atoms with Gasteiger partial charge in [0.1, 0.15) is 12.6 Å². The van der Waals surface area contributed by atoms with Crippen molar-refractivity contribution in [1.29, 1.82) is 0 Å². The number of hydrogen-bond acceptors (Lipinski definition) is 4. The fourth-order valence-electron chi connectivity index (χ4n) is 4.32. The molecule has 8 heteroatoms. The number of amides is 2. The molecule has 2 amide bonds. The molecular formula is C31H39N3O4S. The van der Waals surface area contributed by atoms with Gasteiger partial charge in [-0.3, -0.25) is 13.9 Å². The first-order valence-corrected chi connectivity index (χ1v) is 14.8. The molecule has 0 aliphatic heterocycles. The van der Waals surface area contributed by atoms with Crippen molar-refractivity contribution in [1.82, 2.24) is 10.2 Å². The second-order valence-corrected chi connectivity index (χ2v) is 11.7. The first kappa shape index (κ1) is 29.9. The van der Waals surface area contributed by atoms with E-state index >= 15 is 0 Å².